The number of ketones is 1. The van der Waals surface area contributed by atoms with Crippen LogP contribution >= 0.6 is 0 Å². The molecule has 2 aliphatic rings. The van der Waals surface area contributed by atoms with Crippen molar-refractivity contribution in [3.8, 4) is 6.01 Å². The molecule has 4 aromatic rings. The van der Waals surface area contributed by atoms with Crippen molar-refractivity contribution >= 4 is 47.8 Å². The zero-order chi connectivity index (χ0) is 35.7. The number of hydrogen-bond donors (Lipinski definition) is 1. The first kappa shape index (κ1) is 34.3. The Morgan fingerprint density at radius 1 is 0.940 bits per heavy atom. The number of carbonyl (C=O) groups is 2. The maximum Gasteiger partial charge on any atom is 0.318 e. The molecule has 0 saturated carbocycles. The van der Waals surface area contributed by atoms with E-state index in [1.165, 1.54) is 22.6 Å². The Hall–Kier alpha value is -5.61. The van der Waals surface area contributed by atoms with Gasteiger partial charge < -0.3 is 25.3 Å². The fourth-order valence-corrected chi connectivity index (χ4v) is 9.62. The summed E-state index contributed by atoms with van der Waals surface area (Å²) >= 11 is 0. The Balaban J connectivity index is 1.29. The molecule has 3 aromatic carbocycles. The topological polar surface area (TPSA) is 124 Å². The molecule has 1 aliphatic heterocycles. The van der Waals surface area contributed by atoms with Crippen LogP contribution in [0.2, 0.25) is 13.1 Å². The van der Waals surface area contributed by atoms with Gasteiger partial charge in [0.05, 0.1) is 5.97 Å². The van der Waals surface area contributed by atoms with Gasteiger partial charge in [-0.05, 0) is 80.5 Å². The van der Waals surface area contributed by atoms with E-state index in [2.05, 4.69) is 69.0 Å². The van der Waals surface area contributed by atoms with Gasteiger partial charge >= 0.3 is 6.01 Å². The molecule has 2 N–H and O–H groups in total. The Bertz CT molecular complexity index is 2140. The zero-order valence-corrected chi connectivity index (χ0v) is 30.3. The predicted molar refractivity (Wildman–Crippen MR) is 199 cm³/mol. The first-order valence-electron chi connectivity index (χ1n) is 16.5. The number of carbonyl (C=O) groups excluding carboxylic acids is 2. The lowest BCUT2D eigenvalue weighted by Crippen LogP contribution is -2.50. The SMILES string of the molecule is CN(C)c1ccc2c(c1)[Si](C)(C)C1=CC(=[N+](C)C)C=CC1=C2c1ccc(C(=O)CCc2ccc(COc3nccc(N)n3)cc2)cc1C(=O)[O-]. The predicted octanol–water partition coefficient (Wildman–Crippen LogP) is 4.36. The van der Waals surface area contributed by atoms with Crippen LogP contribution in [0.4, 0.5) is 11.5 Å². The molecule has 1 aliphatic carbocycles. The maximum absolute atomic E-state index is 13.5. The van der Waals surface area contributed by atoms with Crippen LogP contribution in [0.25, 0.3) is 5.57 Å². The number of aromatic carboxylic acids is 1. The van der Waals surface area contributed by atoms with Gasteiger partial charge in [0.25, 0.3) is 0 Å². The molecule has 0 radical (unpaired) electrons. The van der Waals surface area contributed by atoms with Crippen LogP contribution in [-0.2, 0) is 13.0 Å². The standard InChI is InChI=1S/C40H41N5O4Si/c1-44(2)28-13-16-31-35(22-28)50(5,6)36-23-29(45(3)4)14-17-32(36)38(31)30-15-12-27(21-33(30)39(47)48)34(46)18-11-25-7-9-26(10-8-25)24-49-40-42-20-19-37(41)43-40/h7-10,12-17,19-23H,11,18,24H2,1-6H3,(H2-,41,42,43,47,48). The van der Waals surface area contributed by atoms with Gasteiger partial charge in [-0.1, -0.05) is 55.6 Å². The minimum atomic E-state index is -2.21. The lowest BCUT2D eigenvalue weighted by Gasteiger charge is -2.38. The normalized spacial score (nSPS) is 14.4. The van der Waals surface area contributed by atoms with Crippen molar-refractivity contribution in [2.75, 3.05) is 38.8 Å². The number of fused-ring (bicyclic) bond motifs is 2. The molecule has 0 fully saturated rings. The molecular formula is C40H41N5O4Si. The number of Topliss-reactive ketones (excluding diaryl/α,β-unsaturated/α-hetero) is 1. The number of rotatable bonds is 10. The van der Waals surface area contributed by atoms with E-state index in [9.17, 15) is 14.7 Å². The Morgan fingerprint density at radius 3 is 2.34 bits per heavy atom. The minimum absolute atomic E-state index is 0.00556. The second kappa shape index (κ2) is 13.7. The van der Waals surface area contributed by atoms with Crippen molar-refractivity contribution in [3.63, 3.8) is 0 Å². The van der Waals surface area contributed by atoms with E-state index < -0.39 is 14.0 Å². The van der Waals surface area contributed by atoms with E-state index in [-0.39, 0.29) is 30.4 Å². The molecule has 9 nitrogen and oxygen atoms in total. The Morgan fingerprint density at radius 2 is 1.66 bits per heavy atom. The average Bonchev–Trinajstić information content (AvgIpc) is 3.10. The van der Waals surface area contributed by atoms with E-state index in [4.69, 9.17) is 10.5 Å². The number of aryl methyl sites for hydroxylation is 1. The van der Waals surface area contributed by atoms with Gasteiger partial charge in [-0.25, -0.2) is 9.56 Å². The van der Waals surface area contributed by atoms with E-state index in [0.717, 1.165) is 39.2 Å². The summed E-state index contributed by atoms with van der Waals surface area (Å²) in [7, 11) is 5.88. The molecule has 0 spiro atoms. The van der Waals surface area contributed by atoms with Crippen molar-refractivity contribution in [2.24, 2.45) is 0 Å². The van der Waals surface area contributed by atoms with Crippen LogP contribution in [-0.4, -0.2) is 68.3 Å². The van der Waals surface area contributed by atoms with Crippen LogP contribution in [0, 0.1) is 0 Å². The number of nitrogens with zero attached hydrogens (tertiary/aromatic N) is 4. The Kier molecular flexibility index (Phi) is 9.40. The highest BCUT2D eigenvalue weighted by atomic mass is 28.3. The third kappa shape index (κ3) is 6.79. The van der Waals surface area contributed by atoms with Crippen LogP contribution in [0.1, 0.15) is 49.4 Å². The second-order valence-corrected chi connectivity index (χ2v) is 17.9. The van der Waals surface area contributed by atoms with Crippen LogP contribution < -0.4 is 25.7 Å². The molecule has 50 heavy (non-hydrogen) atoms. The quantitative estimate of drug-likeness (QED) is 0.149. The zero-order valence-electron chi connectivity index (χ0n) is 29.3. The molecule has 6 rings (SSSR count). The van der Waals surface area contributed by atoms with Crippen LogP contribution in [0.15, 0.2) is 102 Å². The number of nitrogens with two attached hydrogens (primary N) is 1. The molecule has 2 heterocycles. The number of nitrogen functional groups attached to an aromatic ring is 1. The van der Waals surface area contributed by atoms with Gasteiger partial charge in [0.1, 0.15) is 34.6 Å². The summed E-state index contributed by atoms with van der Waals surface area (Å²) < 4.78 is 7.71. The first-order valence-corrected chi connectivity index (χ1v) is 19.5. The lowest BCUT2D eigenvalue weighted by molar-refractivity contribution is -0.462. The number of hydrogen-bond acceptors (Lipinski definition) is 8. The van der Waals surface area contributed by atoms with Crippen molar-refractivity contribution in [2.45, 2.75) is 32.5 Å². The van der Waals surface area contributed by atoms with Crippen molar-refractivity contribution in [3.05, 3.63) is 135 Å². The summed E-state index contributed by atoms with van der Waals surface area (Å²) in [6, 6.07) is 21.0. The number of carboxylic acids is 1. The van der Waals surface area contributed by atoms with Gasteiger partial charge in [-0.3, -0.25) is 4.79 Å². The number of ether oxygens (including phenoxy) is 1. The first-order chi connectivity index (χ1) is 23.8. The number of allylic oxidation sites excluding steroid dienone is 5. The maximum atomic E-state index is 13.5. The highest BCUT2D eigenvalue weighted by molar-refractivity contribution is 6.98. The van der Waals surface area contributed by atoms with Crippen molar-refractivity contribution in [1.82, 2.24) is 9.97 Å². The van der Waals surface area contributed by atoms with Crippen molar-refractivity contribution < 1.29 is 24.0 Å². The van der Waals surface area contributed by atoms with E-state index >= 15 is 0 Å². The Labute approximate surface area is 293 Å². The summed E-state index contributed by atoms with van der Waals surface area (Å²) in [5.41, 5.74) is 13.6. The van der Waals surface area contributed by atoms with Gasteiger partial charge in [0, 0.05) is 55.7 Å². The summed E-state index contributed by atoms with van der Waals surface area (Å²) in [6.07, 6.45) is 8.70. The largest absolute Gasteiger partial charge is 0.545 e. The highest BCUT2D eigenvalue weighted by Gasteiger charge is 2.40. The second-order valence-electron chi connectivity index (χ2n) is 13.6. The molecule has 0 unspecified atom stereocenters. The van der Waals surface area contributed by atoms with Gasteiger partial charge in [-0.15, -0.1) is 0 Å². The van der Waals surface area contributed by atoms with Crippen LogP contribution in [0.3, 0.4) is 0 Å². The third-order valence-electron chi connectivity index (χ3n) is 9.44. The minimum Gasteiger partial charge on any atom is -0.545 e. The van der Waals surface area contributed by atoms with Gasteiger partial charge in [0.15, 0.2) is 11.5 Å². The summed E-state index contributed by atoms with van der Waals surface area (Å²) in [6.45, 7) is 4.97. The highest BCUT2D eigenvalue weighted by Crippen LogP contribution is 2.42. The van der Waals surface area contributed by atoms with E-state index in [1.807, 2.05) is 52.5 Å². The molecule has 0 bridgehead atoms. The average molecular weight is 684 g/mol. The fourth-order valence-electron chi connectivity index (χ4n) is 6.55. The molecule has 1 aromatic heterocycles. The summed E-state index contributed by atoms with van der Waals surface area (Å²) in [5, 5.41) is 15.3. The molecule has 0 atom stereocenters. The summed E-state index contributed by atoms with van der Waals surface area (Å²) in [4.78, 5) is 36.4. The lowest BCUT2D eigenvalue weighted by atomic mass is 9.86. The monoisotopic (exact) mass is 683 g/mol. The third-order valence-corrected chi connectivity index (χ3v) is 13.0. The number of anilines is 2. The van der Waals surface area contributed by atoms with E-state index in [0.29, 0.717) is 23.4 Å². The van der Waals surface area contributed by atoms with Crippen molar-refractivity contribution in [1.29, 1.82) is 0 Å². The van der Waals surface area contributed by atoms with Gasteiger partial charge in [0.2, 0.25) is 0 Å². The molecular weight excluding hydrogens is 643 g/mol. The van der Waals surface area contributed by atoms with Gasteiger partial charge in [-0.2, -0.15) is 4.98 Å². The van der Waals surface area contributed by atoms with E-state index in [1.54, 1.807) is 18.2 Å². The molecule has 0 amide bonds. The fraction of sp³-hybridized carbons (Fsp3) is 0.225. The smallest absolute Gasteiger partial charge is 0.318 e. The van der Waals surface area contributed by atoms with Crippen LogP contribution in [0.5, 0.6) is 6.01 Å². The molecule has 254 valence electrons. The number of carboxylic acid groups (broad SMARTS) is 1. The molecule has 10 heteroatoms. The molecule has 0 saturated heterocycles. The summed E-state index contributed by atoms with van der Waals surface area (Å²) in [5.74, 6) is -1.12. The number of aromatic nitrogens is 2. The number of benzene rings is 3.